The van der Waals surface area contributed by atoms with Gasteiger partial charge in [-0.1, -0.05) is 0 Å². The van der Waals surface area contributed by atoms with Gasteiger partial charge in [-0.05, 0) is 12.8 Å². The molecule has 178 valence electrons. The van der Waals surface area contributed by atoms with Crippen molar-refractivity contribution in [2.75, 3.05) is 6.54 Å². The number of carboxylic acid groups (broad SMARTS) is 3. The van der Waals surface area contributed by atoms with Gasteiger partial charge in [-0.3, -0.25) is 28.8 Å². The Labute approximate surface area is 181 Å². The Morgan fingerprint density at radius 1 is 0.906 bits per heavy atom. The third-order valence-corrected chi connectivity index (χ3v) is 4.58. The van der Waals surface area contributed by atoms with E-state index >= 15 is 0 Å². The van der Waals surface area contributed by atoms with E-state index in [2.05, 4.69) is 5.32 Å². The molecule has 4 atom stereocenters. The minimum Gasteiger partial charge on any atom is -0.481 e. The first-order chi connectivity index (χ1) is 14.8. The minimum atomic E-state index is -1.83. The van der Waals surface area contributed by atoms with Gasteiger partial charge in [-0.2, -0.15) is 0 Å². The van der Waals surface area contributed by atoms with Crippen LogP contribution in [0.2, 0.25) is 0 Å². The maximum atomic E-state index is 12.7. The molecule has 0 aromatic carbocycles. The number of carboxylic acids is 3. The van der Waals surface area contributed by atoms with E-state index in [1.54, 1.807) is 0 Å². The van der Waals surface area contributed by atoms with E-state index < -0.39 is 85.0 Å². The number of amides is 4. The number of nitrogens with zero attached hydrogens (tertiary/aromatic N) is 1. The largest absolute Gasteiger partial charge is 0.481 e. The Morgan fingerprint density at radius 3 is 2.00 bits per heavy atom. The molecule has 1 aliphatic heterocycles. The fourth-order valence-electron chi connectivity index (χ4n) is 3.12. The quantitative estimate of drug-likeness (QED) is 0.149. The standard InChI is InChI=1S/C17H25N5O10/c18-7(4-12(24)25)16(30)22-3-1-2-10(22)15(29)20-8(5-11(19)23)14(28)21-9(17(31)32)6-13(26)27/h7-10H,1-6,18H2,(H2,19,23)(H,20,29)(H,21,28)(H,24,25)(H,26,27)(H,31,32). The van der Waals surface area contributed by atoms with Crippen molar-refractivity contribution in [1.82, 2.24) is 15.5 Å². The summed E-state index contributed by atoms with van der Waals surface area (Å²) < 4.78 is 0. The lowest BCUT2D eigenvalue weighted by Crippen LogP contribution is -2.57. The lowest BCUT2D eigenvalue weighted by atomic mass is 10.1. The van der Waals surface area contributed by atoms with E-state index in [1.807, 2.05) is 5.32 Å². The number of likely N-dealkylation sites (tertiary alicyclic amines) is 1. The van der Waals surface area contributed by atoms with Crippen LogP contribution in [0.25, 0.3) is 0 Å². The Hall–Kier alpha value is -3.75. The molecule has 0 spiro atoms. The van der Waals surface area contributed by atoms with Gasteiger partial charge < -0.3 is 42.3 Å². The zero-order chi connectivity index (χ0) is 24.6. The second-order valence-corrected chi connectivity index (χ2v) is 7.12. The van der Waals surface area contributed by atoms with Crippen LogP contribution in [0, 0.1) is 0 Å². The fourth-order valence-corrected chi connectivity index (χ4v) is 3.12. The van der Waals surface area contributed by atoms with Crippen LogP contribution >= 0.6 is 0 Å². The van der Waals surface area contributed by atoms with Crippen molar-refractivity contribution in [3.63, 3.8) is 0 Å². The average Bonchev–Trinajstić information content (AvgIpc) is 3.14. The molecule has 1 aliphatic rings. The normalized spacial score (nSPS) is 18.2. The molecule has 0 aromatic rings. The molecule has 0 bridgehead atoms. The topological polar surface area (TPSA) is 260 Å². The highest BCUT2D eigenvalue weighted by Gasteiger charge is 2.38. The van der Waals surface area contributed by atoms with Crippen molar-refractivity contribution >= 4 is 41.5 Å². The van der Waals surface area contributed by atoms with Crippen molar-refractivity contribution in [2.45, 2.75) is 56.3 Å². The zero-order valence-electron chi connectivity index (χ0n) is 16.9. The maximum absolute atomic E-state index is 12.7. The Balaban J connectivity index is 2.94. The molecule has 0 aliphatic carbocycles. The van der Waals surface area contributed by atoms with Crippen LogP contribution in [0.5, 0.6) is 0 Å². The fraction of sp³-hybridized carbons (Fsp3) is 0.588. The van der Waals surface area contributed by atoms with E-state index in [-0.39, 0.29) is 13.0 Å². The summed E-state index contributed by atoms with van der Waals surface area (Å²) in [7, 11) is 0. The van der Waals surface area contributed by atoms with Crippen molar-refractivity contribution < 1.29 is 48.9 Å². The summed E-state index contributed by atoms with van der Waals surface area (Å²) in [5, 5.41) is 30.7. The third-order valence-electron chi connectivity index (χ3n) is 4.58. The molecule has 1 rings (SSSR count). The Bertz CT molecular complexity index is 801. The van der Waals surface area contributed by atoms with E-state index in [0.29, 0.717) is 6.42 Å². The van der Waals surface area contributed by atoms with Gasteiger partial charge in [0, 0.05) is 6.54 Å². The number of hydrogen-bond acceptors (Lipinski definition) is 8. The number of aliphatic carboxylic acids is 3. The summed E-state index contributed by atoms with van der Waals surface area (Å²) in [6.07, 6.45) is -1.79. The second-order valence-electron chi connectivity index (χ2n) is 7.12. The number of hydrogen-bond donors (Lipinski definition) is 7. The molecule has 9 N–H and O–H groups in total. The number of nitrogens with one attached hydrogen (secondary N) is 2. The molecule has 4 unspecified atom stereocenters. The predicted molar refractivity (Wildman–Crippen MR) is 103 cm³/mol. The van der Waals surface area contributed by atoms with Crippen molar-refractivity contribution in [2.24, 2.45) is 11.5 Å². The summed E-state index contributed by atoms with van der Waals surface area (Å²) in [6.45, 7) is 0.108. The Morgan fingerprint density at radius 2 is 1.50 bits per heavy atom. The maximum Gasteiger partial charge on any atom is 0.326 e. The molecule has 1 fully saturated rings. The van der Waals surface area contributed by atoms with Gasteiger partial charge in [0.05, 0.1) is 25.3 Å². The third kappa shape index (κ3) is 7.82. The summed E-state index contributed by atoms with van der Waals surface area (Å²) in [6, 6.07) is -5.97. The number of carbonyl (C=O) groups is 7. The first kappa shape index (κ1) is 26.3. The summed E-state index contributed by atoms with van der Waals surface area (Å²) in [5.41, 5.74) is 10.6. The SMILES string of the molecule is NC(=O)CC(NC(=O)C1CCCN1C(=O)C(N)CC(=O)O)C(=O)NC(CC(=O)O)C(=O)O. The zero-order valence-corrected chi connectivity index (χ0v) is 16.9. The molecule has 4 amide bonds. The smallest absolute Gasteiger partial charge is 0.326 e. The van der Waals surface area contributed by atoms with Crippen molar-refractivity contribution in [1.29, 1.82) is 0 Å². The molecule has 0 aromatic heterocycles. The predicted octanol–water partition coefficient (Wildman–Crippen LogP) is -3.82. The van der Waals surface area contributed by atoms with Crippen LogP contribution < -0.4 is 22.1 Å². The van der Waals surface area contributed by atoms with Gasteiger partial charge in [-0.15, -0.1) is 0 Å². The molecule has 32 heavy (non-hydrogen) atoms. The van der Waals surface area contributed by atoms with E-state index in [4.69, 9.17) is 26.8 Å². The number of rotatable bonds is 12. The molecular weight excluding hydrogens is 434 g/mol. The molecule has 0 saturated carbocycles. The highest BCUT2D eigenvalue weighted by Crippen LogP contribution is 2.19. The first-order valence-corrected chi connectivity index (χ1v) is 9.45. The van der Waals surface area contributed by atoms with Crippen LogP contribution in [0.4, 0.5) is 0 Å². The van der Waals surface area contributed by atoms with Gasteiger partial charge in [0.15, 0.2) is 0 Å². The van der Waals surface area contributed by atoms with Crippen molar-refractivity contribution in [3.05, 3.63) is 0 Å². The molecule has 1 heterocycles. The summed E-state index contributed by atoms with van der Waals surface area (Å²) in [4.78, 5) is 82.6. The first-order valence-electron chi connectivity index (χ1n) is 9.45. The van der Waals surface area contributed by atoms with E-state index in [0.717, 1.165) is 4.90 Å². The number of nitrogens with two attached hydrogens (primary N) is 2. The molecule has 15 nitrogen and oxygen atoms in total. The monoisotopic (exact) mass is 459 g/mol. The van der Waals surface area contributed by atoms with Gasteiger partial charge in [0.25, 0.3) is 0 Å². The second kappa shape index (κ2) is 11.6. The number of primary amides is 1. The van der Waals surface area contributed by atoms with E-state index in [9.17, 15) is 33.6 Å². The van der Waals surface area contributed by atoms with E-state index in [1.165, 1.54) is 0 Å². The molecule has 15 heteroatoms. The number of carbonyl (C=O) groups excluding carboxylic acids is 4. The van der Waals surface area contributed by atoms with Gasteiger partial charge >= 0.3 is 17.9 Å². The highest BCUT2D eigenvalue weighted by atomic mass is 16.4. The van der Waals surface area contributed by atoms with Crippen LogP contribution in [0.1, 0.15) is 32.1 Å². The molecular formula is C17H25N5O10. The molecule has 1 saturated heterocycles. The lowest BCUT2D eigenvalue weighted by Gasteiger charge is -2.28. The highest BCUT2D eigenvalue weighted by molar-refractivity contribution is 5.97. The minimum absolute atomic E-state index is 0.108. The van der Waals surface area contributed by atoms with Crippen LogP contribution in [0.3, 0.4) is 0 Å². The van der Waals surface area contributed by atoms with Crippen LogP contribution in [-0.4, -0.2) is 92.5 Å². The lowest BCUT2D eigenvalue weighted by molar-refractivity contribution is -0.147. The van der Waals surface area contributed by atoms with Gasteiger partial charge in [-0.25, -0.2) is 4.79 Å². The summed E-state index contributed by atoms with van der Waals surface area (Å²) >= 11 is 0. The Kier molecular flexibility index (Phi) is 9.52. The van der Waals surface area contributed by atoms with Crippen LogP contribution in [0.15, 0.2) is 0 Å². The summed E-state index contributed by atoms with van der Waals surface area (Å²) in [5.74, 6) is -8.30. The van der Waals surface area contributed by atoms with Gasteiger partial charge in [0.1, 0.15) is 18.1 Å². The average molecular weight is 459 g/mol. The van der Waals surface area contributed by atoms with Crippen LogP contribution in [-0.2, 0) is 33.6 Å². The van der Waals surface area contributed by atoms with Crippen molar-refractivity contribution in [3.8, 4) is 0 Å². The molecule has 0 radical (unpaired) electrons. The van der Waals surface area contributed by atoms with Gasteiger partial charge in [0.2, 0.25) is 23.6 Å².